The van der Waals surface area contributed by atoms with Crippen LogP contribution >= 0.6 is 11.6 Å². The number of anilines is 2. The summed E-state index contributed by atoms with van der Waals surface area (Å²) < 4.78 is 0. The standard InChI is InChI=1S/C22H19ClN6/c1-13-5-3-8-18(27-13)21-16(9-15-6-4-7-17(23)20(15)28-21)14(2)29-12-26-22-19(29)10-24-11-25-22/h3-11,14H,12H2,1-2H3,(H,24,25,26)/t14-/m0/s1. The van der Waals surface area contributed by atoms with Gasteiger partial charge in [0, 0.05) is 16.6 Å². The first-order valence-corrected chi connectivity index (χ1v) is 9.83. The van der Waals surface area contributed by atoms with Gasteiger partial charge in [0.15, 0.2) is 5.82 Å². The lowest BCUT2D eigenvalue weighted by molar-refractivity contribution is 0.711. The molecule has 4 aromatic rings. The molecular formula is C22H19ClN6. The number of fused-ring (bicyclic) bond motifs is 2. The highest BCUT2D eigenvalue weighted by Gasteiger charge is 2.28. The van der Waals surface area contributed by atoms with Gasteiger partial charge in [-0.05, 0) is 38.1 Å². The fourth-order valence-electron chi connectivity index (χ4n) is 3.80. The third-order valence-corrected chi connectivity index (χ3v) is 5.60. The van der Waals surface area contributed by atoms with E-state index in [0.717, 1.165) is 45.1 Å². The van der Waals surface area contributed by atoms with E-state index in [0.29, 0.717) is 11.7 Å². The first-order valence-electron chi connectivity index (χ1n) is 9.45. The smallest absolute Gasteiger partial charge is 0.154 e. The van der Waals surface area contributed by atoms with Crippen molar-refractivity contribution in [3.63, 3.8) is 0 Å². The predicted octanol–water partition coefficient (Wildman–Crippen LogP) is 5.00. The van der Waals surface area contributed by atoms with E-state index < -0.39 is 0 Å². The van der Waals surface area contributed by atoms with Crippen molar-refractivity contribution in [2.24, 2.45) is 0 Å². The van der Waals surface area contributed by atoms with Crippen LogP contribution in [0, 0.1) is 6.92 Å². The van der Waals surface area contributed by atoms with Gasteiger partial charge in [-0.2, -0.15) is 0 Å². The van der Waals surface area contributed by atoms with E-state index >= 15 is 0 Å². The number of hydrogen-bond donors (Lipinski definition) is 1. The highest BCUT2D eigenvalue weighted by Crippen LogP contribution is 2.39. The number of rotatable bonds is 3. The first kappa shape index (κ1) is 17.8. The molecule has 4 heterocycles. The van der Waals surface area contributed by atoms with Gasteiger partial charge in [0.05, 0.1) is 40.8 Å². The van der Waals surface area contributed by atoms with Crippen LogP contribution in [0.25, 0.3) is 22.3 Å². The molecule has 0 aliphatic carbocycles. The molecule has 0 saturated carbocycles. The summed E-state index contributed by atoms with van der Waals surface area (Å²) in [6, 6.07) is 14.0. The molecule has 1 aliphatic heterocycles. The van der Waals surface area contributed by atoms with E-state index in [1.807, 2.05) is 49.5 Å². The SMILES string of the molecule is Cc1cccc(-c2nc3c(Cl)cccc3cc2[C@H](C)N2CNc3ncncc32)n1. The zero-order chi connectivity index (χ0) is 20.0. The van der Waals surface area contributed by atoms with E-state index in [9.17, 15) is 0 Å². The zero-order valence-electron chi connectivity index (χ0n) is 16.1. The molecule has 1 aliphatic rings. The van der Waals surface area contributed by atoms with Gasteiger partial charge >= 0.3 is 0 Å². The van der Waals surface area contributed by atoms with E-state index in [1.165, 1.54) is 0 Å². The van der Waals surface area contributed by atoms with Crippen LogP contribution in [0.3, 0.4) is 0 Å². The van der Waals surface area contributed by atoms with Crippen LogP contribution < -0.4 is 10.2 Å². The molecule has 7 heteroatoms. The number of halogens is 1. The van der Waals surface area contributed by atoms with Gasteiger partial charge in [-0.15, -0.1) is 0 Å². The first-order chi connectivity index (χ1) is 14.1. The Balaban J connectivity index is 1.71. The summed E-state index contributed by atoms with van der Waals surface area (Å²) >= 11 is 6.45. The van der Waals surface area contributed by atoms with Gasteiger partial charge in [0.25, 0.3) is 0 Å². The van der Waals surface area contributed by atoms with E-state index in [4.69, 9.17) is 21.6 Å². The van der Waals surface area contributed by atoms with Gasteiger partial charge in [0.1, 0.15) is 12.0 Å². The number of pyridine rings is 2. The van der Waals surface area contributed by atoms with Crippen LogP contribution in [0.1, 0.15) is 24.2 Å². The third kappa shape index (κ3) is 3.06. The molecule has 29 heavy (non-hydrogen) atoms. The average Bonchev–Trinajstić information content (AvgIpc) is 3.17. The molecule has 1 N–H and O–H groups in total. The second kappa shape index (κ2) is 6.97. The lowest BCUT2D eigenvalue weighted by atomic mass is 9.99. The number of aromatic nitrogens is 4. The highest BCUT2D eigenvalue weighted by molar-refractivity contribution is 6.35. The van der Waals surface area contributed by atoms with Crippen LogP contribution in [0.15, 0.2) is 55.0 Å². The number of aryl methyl sites for hydroxylation is 1. The molecule has 0 amide bonds. The van der Waals surface area contributed by atoms with Crippen molar-refractivity contribution in [3.8, 4) is 11.4 Å². The Kier molecular flexibility index (Phi) is 4.28. The third-order valence-electron chi connectivity index (χ3n) is 5.29. The van der Waals surface area contributed by atoms with E-state index in [2.05, 4.69) is 33.2 Å². The minimum absolute atomic E-state index is 0.0305. The van der Waals surface area contributed by atoms with Crippen LogP contribution in [-0.2, 0) is 0 Å². The fraction of sp³-hybridized carbons (Fsp3) is 0.182. The van der Waals surface area contributed by atoms with Crippen LogP contribution in [0.5, 0.6) is 0 Å². The fourth-order valence-corrected chi connectivity index (χ4v) is 4.03. The largest absolute Gasteiger partial charge is 0.351 e. The van der Waals surface area contributed by atoms with Gasteiger partial charge in [0.2, 0.25) is 0 Å². The van der Waals surface area contributed by atoms with Gasteiger partial charge < -0.3 is 10.2 Å². The van der Waals surface area contributed by atoms with E-state index in [1.54, 1.807) is 6.33 Å². The molecular weight excluding hydrogens is 384 g/mol. The molecule has 1 aromatic carbocycles. The summed E-state index contributed by atoms with van der Waals surface area (Å²) in [4.78, 5) is 20.5. The quantitative estimate of drug-likeness (QED) is 0.520. The average molecular weight is 403 g/mol. The van der Waals surface area contributed by atoms with Gasteiger partial charge in [-0.25, -0.2) is 15.0 Å². The predicted molar refractivity (Wildman–Crippen MR) is 116 cm³/mol. The maximum atomic E-state index is 6.45. The number of nitrogens with one attached hydrogen (secondary N) is 1. The minimum Gasteiger partial charge on any atom is -0.351 e. The van der Waals surface area contributed by atoms with Crippen molar-refractivity contribution in [2.45, 2.75) is 19.9 Å². The lowest BCUT2D eigenvalue weighted by Gasteiger charge is -2.27. The topological polar surface area (TPSA) is 66.8 Å². The Morgan fingerprint density at radius 2 is 2.00 bits per heavy atom. The second-order valence-corrected chi connectivity index (χ2v) is 7.55. The summed E-state index contributed by atoms with van der Waals surface area (Å²) in [5.74, 6) is 0.846. The monoisotopic (exact) mass is 402 g/mol. The van der Waals surface area contributed by atoms with Crippen molar-refractivity contribution in [3.05, 3.63) is 71.3 Å². The number of benzene rings is 1. The van der Waals surface area contributed by atoms with Crippen LogP contribution in [0.4, 0.5) is 11.5 Å². The second-order valence-electron chi connectivity index (χ2n) is 7.14. The number of nitrogens with zero attached hydrogens (tertiary/aromatic N) is 5. The summed E-state index contributed by atoms with van der Waals surface area (Å²) in [5, 5.41) is 4.98. The number of hydrogen-bond acceptors (Lipinski definition) is 6. The Morgan fingerprint density at radius 3 is 2.86 bits per heavy atom. The van der Waals surface area contributed by atoms with Crippen molar-refractivity contribution >= 4 is 34.0 Å². The minimum atomic E-state index is 0.0305. The van der Waals surface area contributed by atoms with Crippen molar-refractivity contribution in [2.75, 3.05) is 16.9 Å². The van der Waals surface area contributed by atoms with Gasteiger partial charge in [-0.3, -0.25) is 4.98 Å². The Labute approximate surface area is 173 Å². The number of para-hydroxylation sites is 1. The lowest BCUT2D eigenvalue weighted by Crippen LogP contribution is -2.27. The zero-order valence-corrected chi connectivity index (χ0v) is 16.9. The molecule has 3 aromatic heterocycles. The van der Waals surface area contributed by atoms with Gasteiger partial charge in [-0.1, -0.05) is 29.8 Å². The molecule has 1 atom stereocenters. The maximum absolute atomic E-state index is 6.45. The molecule has 0 fully saturated rings. The summed E-state index contributed by atoms with van der Waals surface area (Å²) in [6.45, 7) is 4.80. The Morgan fingerprint density at radius 1 is 1.14 bits per heavy atom. The van der Waals surface area contributed by atoms with Crippen molar-refractivity contribution in [1.82, 2.24) is 19.9 Å². The molecule has 0 saturated heterocycles. The van der Waals surface area contributed by atoms with E-state index in [-0.39, 0.29) is 6.04 Å². The molecule has 0 radical (unpaired) electrons. The maximum Gasteiger partial charge on any atom is 0.154 e. The van der Waals surface area contributed by atoms with Crippen LogP contribution in [0.2, 0.25) is 5.02 Å². The normalized spacial score (nSPS) is 14.0. The van der Waals surface area contributed by atoms with Crippen LogP contribution in [-0.4, -0.2) is 26.6 Å². The van der Waals surface area contributed by atoms with Crippen molar-refractivity contribution in [1.29, 1.82) is 0 Å². The summed E-state index contributed by atoms with van der Waals surface area (Å²) in [6.07, 6.45) is 3.40. The molecule has 6 nitrogen and oxygen atoms in total. The summed E-state index contributed by atoms with van der Waals surface area (Å²) in [7, 11) is 0. The molecule has 0 unspecified atom stereocenters. The molecule has 0 bridgehead atoms. The Hall–Kier alpha value is -3.25. The summed E-state index contributed by atoms with van der Waals surface area (Å²) in [5.41, 5.74) is 5.47. The van der Waals surface area contributed by atoms with Crippen molar-refractivity contribution < 1.29 is 0 Å². The molecule has 0 spiro atoms. The Bertz CT molecular complexity index is 1230. The highest BCUT2D eigenvalue weighted by atomic mass is 35.5. The molecule has 5 rings (SSSR count). The molecule has 144 valence electrons.